The van der Waals surface area contributed by atoms with Gasteiger partial charge in [0.15, 0.2) is 0 Å². The van der Waals surface area contributed by atoms with Crippen molar-refractivity contribution in [3.8, 4) is 0 Å². The minimum Gasteiger partial charge on any atom is -0.334 e. The van der Waals surface area contributed by atoms with Gasteiger partial charge < -0.3 is 28.8 Å². The molecule has 0 bridgehead atoms. The molecule has 0 fully saturated rings. The van der Waals surface area contributed by atoms with Crippen molar-refractivity contribution in [2.45, 2.75) is 41.5 Å². The minimum absolute atomic E-state index is 0. The number of Topliss-reactive ketones (excluding diaryl/α,β-unsaturated/α-hetero) is 6. The molecule has 0 rings (SSSR count). The third-order valence-electron chi connectivity index (χ3n) is 1.22. The first-order valence-electron chi connectivity index (χ1n) is 5.96. The van der Waals surface area contributed by atoms with E-state index in [1.54, 1.807) is 0 Å². The number of hydrogen-bond acceptors (Lipinski definition) is 6. The number of hydrogen-bond donors (Lipinski definition) is 0. The topological polar surface area (TPSA) is 102 Å². The molecule has 0 N–H and O–H groups in total. The molecular formula is C15H21O6Pr. The molecule has 0 radical (unpaired) electrons. The van der Waals surface area contributed by atoms with Gasteiger partial charge in [0.25, 0.3) is 0 Å². The molecule has 0 amide bonds. The van der Waals surface area contributed by atoms with Gasteiger partial charge in [0, 0.05) is 34.7 Å². The fourth-order valence-electron chi connectivity index (χ4n) is 0.859. The first kappa shape index (κ1) is 29.1. The number of carbonyl (C=O) groups excluding carboxylic acids is 6. The third kappa shape index (κ3) is 50.9. The molecule has 0 heterocycles. The summed E-state index contributed by atoms with van der Waals surface area (Å²) in [5.41, 5.74) is 0. The molecule has 6 nitrogen and oxygen atoms in total. The summed E-state index contributed by atoms with van der Waals surface area (Å²) in [5, 5.41) is 0. The van der Waals surface area contributed by atoms with E-state index in [9.17, 15) is 28.8 Å². The second-order valence-corrected chi connectivity index (χ2v) is 4.10. The summed E-state index contributed by atoms with van der Waals surface area (Å²) >= 11 is 0. The van der Waals surface area contributed by atoms with E-state index in [-0.39, 0.29) is 76.0 Å². The van der Waals surface area contributed by atoms with Crippen molar-refractivity contribution in [2.24, 2.45) is 0 Å². The van der Waals surface area contributed by atoms with Crippen LogP contribution in [-0.4, -0.2) is 34.7 Å². The van der Waals surface area contributed by atoms with E-state index >= 15 is 0 Å². The Morgan fingerprint density at radius 3 is 0.500 bits per heavy atom. The second kappa shape index (κ2) is 18.0. The van der Waals surface area contributed by atoms with Crippen molar-refractivity contribution in [1.29, 1.82) is 0 Å². The van der Waals surface area contributed by atoms with E-state index < -0.39 is 0 Å². The van der Waals surface area contributed by atoms with Crippen LogP contribution in [0.5, 0.6) is 0 Å². The molecule has 0 spiro atoms. The van der Waals surface area contributed by atoms with Crippen LogP contribution < -0.4 is 0 Å². The quantitative estimate of drug-likeness (QED) is 0.455. The van der Waals surface area contributed by atoms with Crippen LogP contribution in [0, 0.1) is 60.6 Å². The Bertz CT molecular complexity index is 314. The Hall–Kier alpha value is -1.01. The first-order chi connectivity index (χ1) is 9.38. The number of ketones is 6. The van der Waals surface area contributed by atoms with Crippen molar-refractivity contribution in [1.82, 2.24) is 0 Å². The zero-order valence-electron chi connectivity index (χ0n) is 13.8. The van der Waals surface area contributed by atoms with Crippen molar-refractivity contribution < 1.29 is 70.1 Å². The molecule has 0 aliphatic rings. The summed E-state index contributed by atoms with van der Waals surface area (Å²) in [6.45, 7) is 8.09. The third-order valence-corrected chi connectivity index (χ3v) is 1.22. The fraction of sp³-hybridized carbons (Fsp3) is 0.400. The van der Waals surface area contributed by atoms with Gasteiger partial charge >= 0.3 is 41.3 Å². The van der Waals surface area contributed by atoms with Crippen LogP contribution >= 0.6 is 0 Å². The largest absolute Gasteiger partial charge is 3.00 e. The van der Waals surface area contributed by atoms with Crippen LogP contribution in [0.1, 0.15) is 41.5 Å². The molecule has 0 saturated heterocycles. The summed E-state index contributed by atoms with van der Waals surface area (Å²) in [7, 11) is 0. The SMILES string of the molecule is CC(=O)[CH-]C(C)=O.CC(=O)[CH-]C(C)=O.CC(=O)[CH-]C(C)=O.[Pr+3]. The smallest absolute Gasteiger partial charge is 0.334 e. The molecule has 0 aliphatic carbocycles. The Morgan fingerprint density at radius 1 is 0.409 bits per heavy atom. The summed E-state index contributed by atoms with van der Waals surface area (Å²) in [6, 6.07) is 0. The van der Waals surface area contributed by atoms with Crippen molar-refractivity contribution in [2.75, 3.05) is 0 Å². The Balaban J connectivity index is -0.000000108. The van der Waals surface area contributed by atoms with E-state index in [1.807, 2.05) is 0 Å². The van der Waals surface area contributed by atoms with E-state index in [0.717, 1.165) is 19.3 Å². The van der Waals surface area contributed by atoms with Gasteiger partial charge in [-0.2, -0.15) is 0 Å². The van der Waals surface area contributed by atoms with Gasteiger partial charge in [-0.05, 0) is 41.5 Å². The van der Waals surface area contributed by atoms with Crippen LogP contribution in [0.15, 0.2) is 0 Å². The normalized spacial score (nSPS) is 7.36. The van der Waals surface area contributed by atoms with Crippen LogP contribution in [0.2, 0.25) is 0 Å². The molecule has 7 heteroatoms. The van der Waals surface area contributed by atoms with E-state index in [0.29, 0.717) is 0 Å². The molecule has 0 atom stereocenters. The van der Waals surface area contributed by atoms with E-state index in [4.69, 9.17) is 0 Å². The average Bonchev–Trinajstić information content (AvgIpc) is 2.10. The van der Waals surface area contributed by atoms with Crippen molar-refractivity contribution in [3.05, 3.63) is 19.3 Å². The summed E-state index contributed by atoms with van der Waals surface area (Å²) in [5.74, 6) is -1.12. The van der Waals surface area contributed by atoms with Gasteiger partial charge in [-0.3, -0.25) is 19.3 Å². The molecule has 0 aliphatic heterocycles. The second-order valence-electron chi connectivity index (χ2n) is 4.10. The van der Waals surface area contributed by atoms with Gasteiger partial charge in [0.1, 0.15) is 0 Å². The Kier molecular flexibility index (Phi) is 23.8. The summed E-state index contributed by atoms with van der Waals surface area (Å²) in [4.78, 5) is 59.9. The molecule has 0 aromatic heterocycles. The molecule has 22 heavy (non-hydrogen) atoms. The molecule has 0 unspecified atom stereocenters. The number of rotatable bonds is 6. The zero-order chi connectivity index (χ0) is 17.6. The maximum Gasteiger partial charge on any atom is 3.00 e. The zero-order valence-corrected chi connectivity index (χ0v) is 17.5. The van der Waals surface area contributed by atoms with E-state index in [1.165, 1.54) is 41.5 Å². The van der Waals surface area contributed by atoms with Crippen molar-refractivity contribution >= 4 is 34.7 Å². The summed E-state index contributed by atoms with van der Waals surface area (Å²) in [6.07, 6.45) is 3.17. The molecule has 0 saturated carbocycles. The monoisotopic (exact) mass is 438 g/mol. The Morgan fingerprint density at radius 2 is 0.500 bits per heavy atom. The number of carbonyl (C=O) groups is 6. The molecule has 0 aromatic carbocycles. The fourth-order valence-corrected chi connectivity index (χ4v) is 0.859. The van der Waals surface area contributed by atoms with Crippen molar-refractivity contribution in [3.63, 3.8) is 0 Å². The van der Waals surface area contributed by atoms with Crippen LogP contribution in [0.4, 0.5) is 0 Å². The summed E-state index contributed by atoms with van der Waals surface area (Å²) < 4.78 is 0. The van der Waals surface area contributed by atoms with Gasteiger partial charge in [-0.25, -0.2) is 0 Å². The van der Waals surface area contributed by atoms with Crippen LogP contribution in [0.25, 0.3) is 0 Å². The minimum atomic E-state index is -0.187. The maximum atomic E-state index is 9.98. The Labute approximate surface area is 164 Å². The average molecular weight is 438 g/mol. The van der Waals surface area contributed by atoms with Crippen LogP contribution in [-0.2, 0) is 28.8 Å². The van der Waals surface area contributed by atoms with Gasteiger partial charge in [-0.15, -0.1) is 0 Å². The standard InChI is InChI=1S/3C5H7O2.Pr/c3*1-4(6)3-5(2)7;/h3*3H,1-2H3;/q3*-1;+3. The predicted octanol–water partition coefficient (Wildman–Crippen LogP) is 1.11. The maximum absolute atomic E-state index is 9.98. The predicted molar refractivity (Wildman–Crippen MR) is 77.0 cm³/mol. The van der Waals surface area contributed by atoms with Gasteiger partial charge in [0.05, 0.1) is 0 Å². The molecule has 120 valence electrons. The molecule has 0 aromatic rings. The first-order valence-corrected chi connectivity index (χ1v) is 5.96. The van der Waals surface area contributed by atoms with E-state index in [2.05, 4.69) is 0 Å². The van der Waals surface area contributed by atoms with Gasteiger partial charge in [-0.1, -0.05) is 0 Å². The van der Waals surface area contributed by atoms with Gasteiger partial charge in [0.2, 0.25) is 0 Å². The van der Waals surface area contributed by atoms with Crippen LogP contribution in [0.3, 0.4) is 0 Å². The molecular weight excluding hydrogens is 417 g/mol.